The number of rotatable bonds is 5. The molecule has 3 atom stereocenters. The van der Waals surface area contributed by atoms with E-state index in [1.807, 2.05) is 0 Å². The van der Waals surface area contributed by atoms with E-state index < -0.39 is 0 Å². The fourth-order valence-electron chi connectivity index (χ4n) is 5.10. The Kier molecular flexibility index (Phi) is 5.61. The lowest BCUT2D eigenvalue weighted by Gasteiger charge is -2.41. The third kappa shape index (κ3) is 3.81. The summed E-state index contributed by atoms with van der Waals surface area (Å²) in [5.74, 6) is 1.05. The SMILES string of the molecule is CCCCC1CC(c2ccccc2)CCN1C(=O)C1CCc2ccccc21. The van der Waals surface area contributed by atoms with Crippen LogP contribution < -0.4 is 0 Å². The van der Waals surface area contributed by atoms with Crippen LogP contribution in [0.1, 0.15) is 74.0 Å². The van der Waals surface area contributed by atoms with Crippen molar-refractivity contribution in [3.63, 3.8) is 0 Å². The number of likely N-dealkylation sites (tertiary alicyclic amines) is 1. The molecule has 4 rings (SSSR count). The molecule has 0 radical (unpaired) electrons. The van der Waals surface area contributed by atoms with Crippen molar-refractivity contribution in [3.05, 3.63) is 71.3 Å². The topological polar surface area (TPSA) is 20.3 Å². The van der Waals surface area contributed by atoms with E-state index in [1.54, 1.807) is 0 Å². The highest BCUT2D eigenvalue weighted by molar-refractivity contribution is 5.85. The molecule has 1 saturated heterocycles. The van der Waals surface area contributed by atoms with Gasteiger partial charge in [0.25, 0.3) is 0 Å². The van der Waals surface area contributed by atoms with E-state index >= 15 is 0 Å². The van der Waals surface area contributed by atoms with E-state index in [1.165, 1.54) is 29.5 Å². The number of carbonyl (C=O) groups is 1. The number of hydrogen-bond donors (Lipinski definition) is 0. The summed E-state index contributed by atoms with van der Waals surface area (Å²) in [7, 11) is 0. The molecule has 1 aliphatic carbocycles. The minimum Gasteiger partial charge on any atom is -0.339 e. The summed E-state index contributed by atoms with van der Waals surface area (Å²) in [5, 5.41) is 0. The van der Waals surface area contributed by atoms with Crippen molar-refractivity contribution in [2.24, 2.45) is 0 Å². The molecule has 142 valence electrons. The average molecular weight is 362 g/mol. The molecule has 2 heteroatoms. The Hall–Kier alpha value is -2.09. The van der Waals surface area contributed by atoms with E-state index in [-0.39, 0.29) is 5.92 Å². The maximum atomic E-state index is 13.5. The first-order valence-electron chi connectivity index (χ1n) is 10.7. The summed E-state index contributed by atoms with van der Waals surface area (Å²) in [6.45, 7) is 3.16. The summed E-state index contributed by atoms with van der Waals surface area (Å²) in [6, 6.07) is 19.8. The van der Waals surface area contributed by atoms with E-state index in [4.69, 9.17) is 0 Å². The Labute approximate surface area is 163 Å². The molecule has 0 saturated carbocycles. The standard InChI is InChI=1S/C25H31NO/c1-2-3-12-22-18-21(19-9-5-4-6-10-19)16-17-26(22)25(27)24-15-14-20-11-7-8-13-23(20)24/h4-11,13,21-22,24H,2-3,12,14-18H2,1H3. The zero-order valence-corrected chi connectivity index (χ0v) is 16.4. The molecule has 2 aromatic rings. The quantitative estimate of drug-likeness (QED) is 0.671. The van der Waals surface area contributed by atoms with Crippen LogP contribution >= 0.6 is 0 Å². The van der Waals surface area contributed by atoms with Gasteiger partial charge in [-0.2, -0.15) is 0 Å². The zero-order chi connectivity index (χ0) is 18.6. The van der Waals surface area contributed by atoms with Gasteiger partial charge in [-0.15, -0.1) is 0 Å². The van der Waals surface area contributed by atoms with Crippen LogP contribution in [-0.4, -0.2) is 23.4 Å². The monoisotopic (exact) mass is 361 g/mol. The summed E-state index contributed by atoms with van der Waals surface area (Å²) in [4.78, 5) is 15.8. The molecule has 27 heavy (non-hydrogen) atoms. The van der Waals surface area contributed by atoms with Crippen molar-refractivity contribution in [2.45, 2.75) is 69.7 Å². The molecule has 0 N–H and O–H groups in total. The Morgan fingerprint density at radius 2 is 1.81 bits per heavy atom. The predicted octanol–water partition coefficient (Wildman–Crippen LogP) is 5.68. The second kappa shape index (κ2) is 8.29. The molecule has 1 fully saturated rings. The van der Waals surface area contributed by atoms with Crippen LogP contribution in [-0.2, 0) is 11.2 Å². The second-order valence-electron chi connectivity index (χ2n) is 8.25. The lowest BCUT2D eigenvalue weighted by atomic mass is 9.83. The van der Waals surface area contributed by atoms with Crippen LogP contribution in [0.3, 0.4) is 0 Å². The third-order valence-corrected chi connectivity index (χ3v) is 6.59. The van der Waals surface area contributed by atoms with Crippen LogP contribution in [0.5, 0.6) is 0 Å². The molecule has 0 spiro atoms. The number of benzene rings is 2. The first-order valence-corrected chi connectivity index (χ1v) is 10.7. The number of piperidine rings is 1. The van der Waals surface area contributed by atoms with Crippen molar-refractivity contribution in [1.29, 1.82) is 0 Å². The first kappa shape index (κ1) is 18.3. The molecule has 0 bridgehead atoms. The van der Waals surface area contributed by atoms with Crippen LogP contribution in [0.25, 0.3) is 0 Å². The van der Waals surface area contributed by atoms with Gasteiger partial charge in [-0.1, -0.05) is 74.4 Å². The number of fused-ring (bicyclic) bond motifs is 1. The van der Waals surface area contributed by atoms with E-state index in [9.17, 15) is 4.79 Å². The largest absolute Gasteiger partial charge is 0.339 e. The number of nitrogens with zero attached hydrogens (tertiary/aromatic N) is 1. The maximum Gasteiger partial charge on any atom is 0.230 e. The molecular formula is C25H31NO. The van der Waals surface area contributed by atoms with Gasteiger partial charge in [-0.25, -0.2) is 0 Å². The normalized spacial score (nSPS) is 24.6. The Bertz CT molecular complexity index is 769. The second-order valence-corrected chi connectivity index (χ2v) is 8.25. The average Bonchev–Trinajstić information content (AvgIpc) is 3.16. The molecule has 1 heterocycles. The molecule has 2 nitrogen and oxygen atoms in total. The van der Waals surface area contributed by atoms with Crippen molar-refractivity contribution >= 4 is 5.91 Å². The van der Waals surface area contributed by atoms with Gasteiger partial charge in [0.05, 0.1) is 5.92 Å². The summed E-state index contributed by atoms with van der Waals surface area (Å²) < 4.78 is 0. The highest BCUT2D eigenvalue weighted by Gasteiger charge is 2.37. The smallest absolute Gasteiger partial charge is 0.230 e. The van der Waals surface area contributed by atoms with Gasteiger partial charge in [-0.3, -0.25) is 4.79 Å². The fraction of sp³-hybridized carbons (Fsp3) is 0.480. The van der Waals surface area contributed by atoms with Crippen molar-refractivity contribution in [3.8, 4) is 0 Å². The lowest BCUT2D eigenvalue weighted by Crippen LogP contribution is -2.47. The number of carbonyl (C=O) groups excluding carboxylic acids is 1. The van der Waals surface area contributed by atoms with Gasteiger partial charge in [0.2, 0.25) is 5.91 Å². The van der Waals surface area contributed by atoms with E-state index in [2.05, 4.69) is 66.4 Å². The van der Waals surface area contributed by atoms with E-state index in [0.717, 1.165) is 38.6 Å². The van der Waals surface area contributed by atoms with Gasteiger partial charge >= 0.3 is 0 Å². The minimum absolute atomic E-state index is 0.0820. The molecule has 1 amide bonds. The van der Waals surface area contributed by atoms with Gasteiger partial charge in [0.15, 0.2) is 0 Å². The predicted molar refractivity (Wildman–Crippen MR) is 111 cm³/mol. The summed E-state index contributed by atoms with van der Waals surface area (Å²) >= 11 is 0. The number of hydrogen-bond acceptors (Lipinski definition) is 1. The molecular weight excluding hydrogens is 330 g/mol. The molecule has 2 aliphatic rings. The fourth-order valence-corrected chi connectivity index (χ4v) is 5.10. The highest BCUT2D eigenvalue weighted by atomic mass is 16.2. The molecule has 1 aliphatic heterocycles. The lowest BCUT2D eigenvalue weighted by molar-refractivity contribution is -0.137. The van der Waals surface area contributed by atoms with Gasteiger partial charge in [0, 0.05) is 12.6 Å². The van der Waals surface area contributed by atoms with Gasteiger partial charge < -0.3 is 4.90 Å². The van der Waals surface area contributed by atoms with Crippen molar-refractivity contribution in [1.82, 2.24) is 4.90 Å². The zero-order valence-electron chi connectivity index (χ0n) is 16.4. The maximum absolute atomic E-state index is 13.5. The Morgan fingerprint density at radius 1 is 1.04 bits per heavy atom. The third-order valence-electron chi connectivity index (χ3n) is 6.59. The summed E-state index contributed by atoms with van der Waals surface area (Å²) in [5.41, 5.74) is 4.10. The van der Waals surface area contributed by atoms with Crippen LogP contribution in [0.15, 0.2) is 54.6 Å². The Balaban J connectivity index is 1.52. The Morgan fingerprint density at radius 3 is 2.63 bits per heavy atom. The minimum atomic E-state index is 0.0820. The molecule has 0 aromatic heterocycles. The van der Waals surface area contributed by atoms with Crippen LogP contribution in [0, 0.1) is 0 Å². The van der Waals surface area contributed by atoms with Crippen molar-refractivity contribution < 1.29 is 4.79 Å². The molecule has 3 unspecified atom stereocenters. The van der Waals surface area contributed by atoms with Crippen molar-refractivity contribution in [2.75, 3.05) is 6.54 Å². The molecule has 2 aromatic carbocycles. The number of unbranched alkanes of at least 4 members (excludes halogenated alkanes) is 1. The van der Waals surface area contributed by atoms with Crippen LogP contribution in [0.2, 0.25) is 0 Å². The summed E-state index contributed by atoms with van der Waals surface area (Å²) in [6.07, 6.45) is 7.78. The highest BCUT2D eigenvalue weighted by Crippen LogP contribution is 2.39. The van der Waals surface area contributed by atoms with Crippen LogP contribution in [0.4, 0.5) is 0 Å². The number of amides is 1. The van der Waals surface area contributed by atoms with Gasteiger partial charge in [-0.05, 0) is 54.7 Å². The van der Waals surface area contributed by atoms with Gasteiger partial charge in [0.1, 0.15) is 0 Å². The first-order chi connectivity index (χ1) is 13.3. The number of aryl methyl sites for hydroxylation is 1. The van der Waals surface area contributed by atoms with E-state index in [0.29, 0.717) is 17.9 Å².